The zero-order valence-corrected chi connectivity index (χ0v) is 16.4. The molecule has 1 aromatic heterocycles. The summed E-state index contributed by atoms with van der Waals surface area (Å²) in [5.41, 5.74) is 1.55. The number of alkyl halides is 3. The molecule has 0 bridgehead atoms. The minimum absolute atomic E-state index is 0.0574. The number of benzene rings is 1. The van der Waals surface area contributed by atoms with E-state index >= 15 is 0 Å². The second kappa shape index (κ2) is 7.22. The van der Waals surface area contributed by atoms with Crippen molar-refractivity contribution in [1.29, 1.82) is 0 Å². The number of nitrogens with one attached hydrogen (secondary N) is 1. The van der Waals surface area contributed by atoms with Crippen LogP contribution in [0.25, 0.3) is 0 Å². The van der Waals surface area contributed by atoms with Crippen molar-refractivity contribution < 1.29 is 18.0 Å². The number of rotatable bonds is 5. The van der Waals surface area contributed by atoms with Gasteiger partial charge in [-0.15, -0.1) is 0 Å². The van der Waals surface area contributed by atoms with Crippen molar-refractivity contribution >= 4 is 17.3 Å². The zero-order valence-electron chi connectivity index (χ0n) is 16.4. The van der Waals surface area contributed by atoms with Crippen molar-refractivity contribution in [2.45, 2.75) is 56.7 Å². The second-order valence-electron chi connectivity index (χ2n) is 8.49. The summed E-state index contributed by atoms with van der Waals surface area (Å²) in [5.74, 6) is 0.0564. The van der Waals surface area contributed by atoms with Crippen molar-refractivity contribution in [2.75, 3.05) is 0 Å². The Bertz CT molecular complexity index is 1010. The molecule has 156 valence electrons. The van der Waals surface area contributed by atoms with Gasteiger partial charge in [0, 0.05) is 12.6 Å². The fraction of sp³-hybridized carbons (Fsp3) is 0.435. The summed E-state index contributed by atoms with van der Waals surface area (Å²) in [6, 6.07) is 8.56. The van der Waals surface area contributed by atoms with E-state index < -0.39 is 17.6 Å². The highest BCUT2D eigenvalue weighted by atomic mass is 19.4. The van der Waals surface area contributed by atoms with Gasteiger partial charge >= 0.3 is 6.18 Å². The van der Waals surface area contributed by atoms with Gasteiger partial charge in [0.25, 0.3) is 5.91 Å². The SMILES string of the molecule is O=C(NCc1ccccn1)C1=Nc2c(cc(C3CC3)cc2C(F)(F)F)C(C2CC2)C1. The molecule has 1 unspecified atom stereocenters. The smallest absolute Gasteiger partial charge is 0.345 e. The summed E-state index contributed by atoms with van der Waals surface area (Å²) in [7, 11) is 0. The summed E-state index contributed by atoms with van der Waals surface area (Å²) in [6.07, 6.45) is 1.37. The Hall–Kier alpha value is -2.70. The lowest BCUT2D eigenvalue weighted by Gasteiger charge is -2.27. The van der Waals surface area contributed by atoms with Crippen molar-refractivity contribution in [3.63, 3.8) is 0 Å². The largest absolute Gasteiger partial charge is 0.418 e. The van der Waals surface area contributed by atoms with Gasteiger partial charge in [-0.3, -0.25) is 9.78 Å². The van der Waals surface area contributed by atoms with Gasteiger partial charge in [0.15, 0.2) is 0 Å². The van der Waals surface area contributed by atoms with Gasteiger partial charge in [0.1, 0.15) is 5.71 Å². The van der Waals surface area contributed by atoms with Crippen LogP contribution in [0.3, 0.4) is 0 Å². The fourth-order valence-corrected chi connectivity index (χ4v) is 4.29. The maximum absolute atomic E-state index is 13.9. The first-order valence-electron chi connectivity index (χ1n) is 10.4. The van der Waals surface area contributed by atoms with Crippen LogP contribution in [0.1, 0.15) is 66.3 Å². The number of amides is 1. The Kier molecular flexibility index (Phi) is 4.64. The van der Waals surface area contributed by atoms with E-state index in [1.54, 1.807) is 18.3 Å². The molecular formula is C23H22F3N3O. The van der Waals surface area contributed by atoms with E-state index in [-0.39, 0.29) is 29.8 Å². The summed E-state index contributed by atoms with van der Waals surface area (Å²) in [4.78, 5) is 21.2. The molecule has 5 rings (SSSR count). The normalized spacial score (nSPS) is 21.0. The van der Waals surface area contributed by atoms with Crippen LogP contribution in [-0.2, 0) is 17.5 Å². The molecule has 2 aliphatic carbocycles. The van der Waals surface area contributed by atoms with E-state index in [4.69, 9.17) is 0 Å². The highest BCUT2D eigenvalue weighted by Gasteiger charge is 2.43. The molecule has 4 nitrogen and oxygen atoms in total. The van der Waals surface area contributed by atoms with E-state index in [0.717, 1.165) is 31.2 Å². The lowest BCUT2D eigenvalue weighted by atomic mass is 9.82. The minimum Gasteiger partial charge on any atom is -0.345 e. The van der Waals surface area contributed by atoms with Crippen LogP contribution in [-0.4, -0.2) is 16.6 Å². The van der Waals surface area contributed by atoms with Gasteiger partial charge in [-0.25, -0.2) is 4.99 Å². The lowest BCUT2D eigenvalue weighted by molar-refractivity contribution is -0.137. The van der Waals surface area contributed by atoms with Gasteiger partial charge in [0.05, 0.1) is 23.5 Å². The fourth-order valence-electron chi connectivity index (χ4n) is 4.29. The Morgan fingerprint density at radius 1 is 1.13 bits per heavy atom. The Morgan fingerprint density at radius 3 is 2.57 bits per heavy atom. The van der Waals surface area contributed by atoms with Crippen molar-refractivity contribution in [1.82, 2.24) is 10.3 Å². The number of halogens is 3. The van der Waals surface area contributed by atoms with Crippen LogP contribution in [0.4, 0.5) is 18.9 Å². The summed E-state index contributed by atoms with van der Waals surface area (Å²) in [5, 5.41) is 2.76. The van der Waals surface area contributed by atoms with Crippen molar-refractivity contribution in [3.05, 3.63) is 58.9 Å². The maximum Gasteiger partial charge on any atom is 0.418 e. The molecule has 2 saturated carbocycles. The number of nitrogens with zero attached hydrogens (tertiary/aromatic N) is 2. The van der Waals surface area contributed by atoms with E-state index in [1.807, 2.05) is 12.1 Å². The quantitative estimate of drug-likeness (QED) is 0.727. The molecular weight excluding hydrogens is 391 g/mol. The van der Waals surface area contributed by atoms with Gasteiger partial charge in [-0.1, -0.05) is 12.1 Å². The first-order valence-corrected chi connectivity index (χ1v) is 10.4. The molecule has 2 heterocycles. The van der Waals surface area contributed by atoms with Crippen molar-refractivity contribution in [3.8, 4) is 0 Å². The number of aliphatic imine (C=N–C) groups is 1. The average molecular weight is 413 g/mol. The third-order valence-corrected chi connectivity index (χ3v) is 6.18. The topological polar surface area (TPSA) is 54.4 Å². The Morgan fingerprint density at radius 2 is 1.93 bits per heavy atom. The number of hydrogen-bond donors (Lipinski definition) is 1. The van der Waals surface area contributed by atoms with Gasteiger partial charge in [-0.2, -0.15) is 13.2 Å². The molecule has 0 spiro atoms. The van der Waals surface area contributed by atoms with E-state index in [0.29, 0.717) is 23.6 Å². The van der Waals surface area contributed by atoms with Gasteiger partial charge in [0.2, 0.25) is 0 Å². The highest BCUT2D eigenvalue weighted by Crippen LogP contribution is 2.54. The van der Waals surface area contributed by atoms with Crippen LogP contribution < -0.4 is 5.32 Å². The predicted octanol–water partition coefficient (Wildman–Crippen LogP) is 5.26. The number of fused-ring (bicyclic) bond motifs is 1. The molecule has 0 saturated heterocycles. The molecule has 30 heavy (non-hydrogen) atoms. The first-order chi connectivity index (χ1) is 14.4. The van der Waals surface area contributed by atoms with Crippen LogP contribution in [0, 0.1) is 5.92 Å². The highest BCUT2D eigenvalue weighted by molar-refractivity contribution is 6.39. The summed E-state index contributed by atoms with van der Waals surface area (Å²) >= 11 is 0. The first kappa shape index (κ1) is 19.3. The molecule has 3 aliphatic rings. The summed E-state index contributed by atoms with van der Waals surface area (Å²) in [6.45, 7) is 0.215. The van der Waals surface area contributed by atoms with E-state index in [9.17, 15) is 18.0 Å². The van der Waals surface area contributed by atoms with Crippen LogP contribution in [0.15, 0.2) is 41.5 Å². The molecule has 0 radical (unpaired) electrons. The lowest BCUT2D eigenvalue weighted by Crippen LogP contribution is -2.33. The second-order valence-corrected chi connectivity index (χ2v) is 8.49. The average Bonchev–Trinajstić information content (AvgIpc) is 3.63. The molecule has 1 amide bonds. The molecule has 2 aromatic rings. The summed E-state index contributed by atoms with van der Waals surface area (Å²) < 4.78 is 41.7. The maximum atomic E-state index is 13.9. The third kappa shape index (κ3) is 3.85. The Labute approximate surface area is 172 Å². The molecule has 1 aromatic carbocycles. The molecule has 7 heteroatoms. The number of carbonyl (C=O) groups excluding carboxylic acids is 1. The minimum atomic E-state index is -4.50. The predicted molar refractivity (Wildman–Crippen MR) is 107 cm³/mol. The molecule has 1 N–H and O–H groups in total. The van der Waals surface area contributed by atoms with Gasteiger partial charge < -0.3 is 5.32 Å². The standard InChI is InChI=1S/C23H22F3N3O/c24-23(25,26)19-10-15(13-4-5-13)9-18-17(14-6-7-14)11-20(29-21(18)19)22(30)28-12-16-3-1-2-8-27-16/h1-3,8-10,13-14,17H,4-7,11-12H2,(H,28,30). The zero-order chi connectivity index (χ0) is 20.9. The molecule has 2 fully saturated rings. The third-order valence-electron chi connectivity index (χ3n) is 6.18. The number of carbonyl (C=O) groups is 1. The van der Waals surface area contributed by atoms with Crippen LogP contribution in [0.2, 0.25) is 0 Å². The van der Waals surface area contributed by atoms with Crippen LogP contribution in [0.5, 0.6) is 0 Å². The van der Waals surface area contributed by atoms with E-state index in [1.165, 1.54) is 6.07 Å². The number of pyridine rings is 1. The monoisotopic (exact) mass is 413 g/mol. The van der Waals surface area contributed by atoms with Crippen LogP contribution >= 0.6 is 0 Å². The van der Waals surface area contributed by atoms with Gasteiger partial charge in [-0.05, 0) is 72.8 Å². The van der Waals surface area contributed by atoms with E-state index in [2.05, 4.69) is 15.3 Å². The Balaban J connectivity index is 1.50. The number of hydrogen-bond acceptors (Lipinski definition) is 3. The van der Waals surface area contributed by atoms with Crippen molar-refractivity contribution in [2.24, 2.45) is 10.9 Å². The molecule has 1 aliphatic heterocycles. The number of aromatic nitrogens is 1. The molecule has 1 atom stereocenters.